The van der Waals surface area contributed by atoms with Gasteiger partial charge in [-0.15, -0.1) is 11.3 Å². The minimum atomic E-state index is -3.83. The van der Waals surface area contributed by atoms with Crippen LogP contribution >= 0.6 is 22.9 Å². The van der Waals surface area contributed by atoms with Gasteiger partial charge in [-0.25, -0.2) is 8.42 Å². The Labute approximate surface area is 161 Å². The minimum Gasteiger partial charge on any atom is -0.456 e. The van der Waals surface area contributed by atoms with Crippen molar-refractivity contribution in [3.8, 4) is 0 Å². The van der Waals surface area contributed by atoms with E-state index < -0.39 is 34.4 Å². The molecule has 0 unspecified atom stereocenters. The second-order valence-electron chi connectivity index (χ2n) is 5.81. The van der Waals surface area contributed by atoms with Gasteiger partial charge in [0.1, 0.15) is 10.3 Å². The molecule has 0 aliphatic carbocycles. The van der Waals surface area contributed by atoms with Gasteiger partial charge in [-0.05, 0) is 41.6 Å². The van der Waals surface area contributed by atoms with Crippen LogP contribution in [-0.2, 0) is 19.6 Å². The van der Waals surface area contributed by atoms with Crippen LogP contribution in [0.4, 0.5) is 0 Å². The van der Waals surface area contributed by atoms with Gasteiger partial charge in [0.2, 0.25) is 0 Å². The van der Waals surface area contributed by atoms with E-state index in [-0.39, 0.29) is 10.1 Å². The van der Waals surface area contributed by atoms with Gasteiger partial charge in [0, 0.05) is 10.6 Å². The normalized spacial score (nSPS) is 12.8. The molecule has 0 saturated carbocycles. The van der Waals surface area contributed by atoms with Crippen LogP contribution < -0.4 is 4.72 Å². The molecule has 1 heterocycles. The average Bonchev–Trinajstić information content (AvgIpc) is 3.13. The summed E-state index contributed by atoms with van der Waals surface area (Å²) in [6.45, 7) is 2.89. The molecule has 0 radical (unpaired) electrons. The van der Waals surface area contributed by atoms with Crippen LogP contribution in [0.15, 0.2) is 46.0 Å². The molecule has 1 aromatic carbocycles. The van der Waals surface area contributed by atoms with Crippen molar-refractivity contribution in [3.05, 3.63) is 52.4 Å². The summed E-state index contributed by atoms with van der Waals surface area (Å²) < 4.78 is 32.1. The number of rotatable bonds is 8. The number of carbonyl (C=O) groups is 2. The Balaban J connectivity index is 2.02. The Morgan fingerprint density at radius 2 is 1.85 bits per heavy atom. The Kier molecular flexibility index (Phi) is 6.94. The van der Waals surface area contributed by atoms with Crippen LogP contribution in [0.2, 0.25) is 5.02 Å². The van der Waals surface area contributed by atoms with Crippen molar-refractivity contribution < 1.29 is 22.7 Å². The van der Waals surface area contributed by atoms with Crippen molar-refractivity contribution in [2.45, 2.75) is 24.1 Å². The Morgan fingerprint density at radius 3 is 2.38 bits per heavy atom. The first kappa shape index (κ1) is 20.6. The molecular weight excluding hydrogens is 398 g/mol. The zero-order valence-corrected chi connectivity index (χ0v) is 16.5. The molecular formula is C17H18ClNO5S2. The maximum Gasteiger partial charge on any atom is 0.324 e. The summed E-state index contributed by atoms with van der Waals surface area (Å²) in [5.74, 6) is -1.57. The van der Waals surface area contributed by atoms with Crippen LogP contribution in [0, 0.1) is 5.92 Å². The monoisotopic (exact) mass is 415 g/mol. The van der Waals surface area contributed by atoms with Gasteiger partial charge in [0.05, 0.1) is 0 Å². The number of carbonyl (C=O) groups excluding carboxylic acids is 2. The smallest absolute Gasteiger partial charge is 0.324 e. The fraction of sp³-hybridized carbons (Fsp3) is 0.294. The molecule has 2 rings (SSSR count). The molecule has 0 amide bonds. The molecule has 0 spiro atoms. The minimum absolute atomic E-state index is 0.105. The van der Waals surface area contributed by atoms with Crippen molar-refractivity contribution in [1.82, 2.24) is 4.72 Å². The molecule has 1 atom stereocenters. The number of Topliss-reactive ketones (excluding diaryl/α,β-unsaturated/α-hetero) is 1. The van der Waals surface area contributed by atoms with E-state index in [0.29, 0.717) is 10.6 Å². The number of halogens is 1. The molecule has 0 fully saturated rings. The molecule has 9 heteroatoms. The zero-order valence-electron chi connectivity index (χ0n) is 14.1. The van der Waals surface area contributed by atoms with Gasteiger partial charge >= 0.3 is 5.97 Å². The summed E-state index contributed by atoms with van der Waals surface area (Å²) in [4.78, 5) is 24.4. The fourth-order valence-electron chi connectivity index (χ4n) is 2.04. The number of esters is 1. The highest BCUT2D eigenvalue weighted by atomic mass is 35.5. The topological polar surface area (TPSA) is 89.5 Å². The first-order valence-electron chi connectivity index (χ1n) is 7.72. The van der Waals surface area contributed by atoms with Gasteiger partial charge in [0.25, 0.3) is 10.0 Å². The number of sulfonamides is 1. The lowest BCUT2D eigenvalue weighted by atomic mass is 10.1. The Bertz CT molecular complexity index is 861. The Hall–Kier alpha value is -1.74. The summed E-state index contributed by atoms with van der Waals surface area (Å²) in [6, 6.07) is 8.12. The predicted molar refractivity (Wildman–Crippen MR) is 100 cm³/mol. The summed E-state index contributed by atoms with van der Waals surface area (Å²) in [6.07, 6.45) is 0. The van der Waals surface area contributed by atoms with E-state index in [1.165, 1.54) is 18.2 Å². The van der Waals surface area contributed by atoms with Crippen molar-refractivity contribution in [2.24, 2.45) is 5.92 Å². The second kappa shape index (κ2) is 8.77. The third kappa shape index (κ3) is 5.38. The number of ketones is 1. The van der Waals surface area contributed by atoms with Gasteiger partial charge in [-0.1, -0.05) is 31.5 Å². The van der Waals surface area contributed by atoms with E-state index in [4.69, 9.17) is 16.3 Å². The third-order valence-corrected chi connectivity index (χ3v) is 6.56. The summed E-state index contributed by atoms with van der Waals surface area (Å²) in [5, 5.41) is 2.11. The molecule has 0 bridgehead atoms. The lowest BCUT2D eigenvalue weighted by molar-refractivity contribution is -0.145. The largest absolute Gasteiger partial charge is 0.456 e. The molecule has 0 saturated heterocycles. The van der Waals surface area contributed by atoms with E-state index >= 15 is 0 Å². The van der Waals surface area contributed by atoms with Crippen molar-refractivity contribution in [2.75, 3.05) is 6.61 Å². The maximum atomic E-state index is 12.3. The van der Waals surface area contributed by atoms with Gasteiger partial charge in [0.15, 0.2) is 12.4 Å². The summed E-state index contributed by atoms with van der Waals surface area (Å²) in [5.41, 5.74) is 0.350. The van der Waals surface area contributed by atoms with Crippen LogP contribution in [0.5, 0.6) is 0 Å². The quantitative estimate of drug-likeness (QED) is 0.528. The fourth-order valence-corrected chi connectivity index (χ4v) is 4.51. The molecule has 1 aromatic heterocycles. The van der Waals surface area contributed by atoms with E-state index in [9.17, 15) is 18.0 Å². The molecule has 6 nitrogen and oxygen atoms in total. The van der Waals surface area contributed by atoms with Crippen molar-refractivity contribution >= 4 is 44.7 Å². The molecule has 1 N–H and O–H groups in total. The molecule has 0 aliphatic heterocycles. The number of hydrogen-bond donors (Lipinski definition) is 1. The average molecular weight is 416 g/mol. The number of thiophene rings is 1. The summed E-state index contributed by atoms with van der Waals surface area (Å²) in [7, 11) is -3.83. The van der Waals surface area contributed by atoms with E-state index in [1.54, 1.807) is 37.4 Å². The van der Waals surface area contributed by atoms with Crippen molar-refractivity contribution in [3.63, 3.8) is 0 Å². The third-order valence-electron chi connectivity index (χ3n) is 3.47. The van der Waals surface area contributed by atoms with Crippen LogP contribution in [0.25, 0.3) is 0 Å². The highest BCUT2D eigenvalue weighted by molar-refractivity contribution is 7.91. The summed E-state index contributed by atoms with van der Waals surface area (Å²) >= 11 is 6.81. The van der Waals surface area contributed by atoms with E-state index in [2.05, 4.69) is 4.72 Å². The number of nitrogens with one attached hydrogen (secondary N) is 1. The van der Waals surface area contributed by atoms with Gasteiger partial charge < -0.3 is 4.74 Å². The van der Waals surface area contributed by atoms with Gasteiger partial charge in [-0.2, -0.15) is 4.72 Å². The van der Waals surface area contributed by atoms with Gasteiger partial charge in [-0.3, -0.25) is 9.59 Å². The molecule has 2 aromatic rings. The number of hydrogen-bond acceptors (Lipinski definition) is 6. The lowest BCUT2D eigenvalue weighted by Crippen LogP contribution is -2.45. The van der Waals surface area contributed by atoms with E-state index in [0.717, 1.165) is 11.3 Å². The van der Waals surface area contributed by atoms with Crippen LogP contribution in [-0.4, -0.2) is 32.8 Å². The van der Waals surface area contributed by atoms with Crippen LogP contribution in [0.3, 0.4) is 0 Å². The highest BCUT2D eigenvalue weighted by Gasteiger charge is 2.30. The molecule has 26 heavy (non-hydrogen) atoms. The maximum absolute atomic E-state index is 12.3. The predicted octanol–water partition coefficient (Wildman–Crippen LogP) is 3.13. The SMILES string of the molecule is CC(C)[C@@H](NS(=O)(=O)c1cccs1)C(=O)OCC(=O)c1ccc(Cl)cc1. The second-order valence-corrected chi connectivity index (χ2v) is 9.14. The highest BCUT2D eigenvalue weighted by Crippen LogP contribution is 2.18. The number of ether oxygens (including phenoxy) is 1. The first-order valence-corrected chi connectivity index (χ1v) is 10.5. The first-order chi connectivity index (χ1) is 12.2. The lowest BCUT2D eigenvalue weighted by Gasteiger charge is -2.20. The zero-order chi connectivity index (χ0) is 19.3. The number of benzene rings is 1. The Morgan fingerprint density at radius 1 is 1.19 bits per heavy atom. The van der Waals surface area contributed by atoms with E-state index in [1.807, 2.05) is 0 Å². The van der Waals surface area contributed by atoms with Crippen LogP contribution in [0.1, 0.15) is 24.2 Å². The molecule has 140 valence electrons. The molecule has 0 aliphatic rings. The standard InChI is InChI=1S/C17H18ClNO5S2/c1-11(2)16(19-26(22,23)15-4-3-9-25-15)17(21)24-10-14(20)12-5-7-13(18)8-6-12/h3-9,11,16,19H,10H2,1-2H3/t16-/m1/s1. The van der Waals surface area contributed by atoms with Crippen molar-refractivity contribution in [1.29, 1.82) is 0 Å².